The molecule has 16 heavy (non-hydrogen) atoms. The molecule has 1 N–H and O–H groups in total. The van der Waals surface area contributed by atoms with E-state index in [-0.39, 0.29) is 18.0 Å². The first-order chi connectivity index (χ1) is 7.76. The van der Waals surface area contributed by atoms with Gasteiger partial charge >= 0.3 is 5.97 Å². The molecule has 0 radical (unpaired) electrons. The lowest BCUT2D eigenvalue weighted by atomic mass is 10.1. The minimum Gasteiger partial charge on any atom is -0.469 e. The van der Waals surface area contributed by atoms with Crippen LogP contribution in [-0.4, -0.2) is 19.2 Å². The maximum atomic E-state index is 11.4. The van der Waals surface area contributed by atoms with Crippen molar-refractivity contribution in [3.63, 3.8) is 0 Å². The topological polar surface area (TPSA) is 47.6 Å². The van der Waals surface area contributed by atoms with Crippen LogP contribution < -0.4 is 5.48 Å². The molecule has 0 aromatic carbocycles. The van der Waals surface area contributed by atoms with Crippen LogP contribution in [0.25, 0.3) is 0 Å². The van der Waals surface area contributed by atoms with Crippen LogP contribution in [0.2, 0.25) is 0 Å². The normalized spacial score (nSPS) is 27.9. The van der Waals surface area contributed by atoms with Crippen LogP contribution in [0.5, 0.6) is 0 Å². The van der Waals surface area contributed by atoms with Crippen molar-refractivity contribution < 1.29 is 14.4 Å². The number of methoxy groups -OCH3 is 1. The largest absolute Gasteiger partial charge is 0.469 e. The minimum atomic E-state index is -0.111. The fraction of sp³-hybridized carbons (Fsp3) is 0.750. The number of allylic oxidation sites excluding steroid dienone is 1. The van der Waals surface area contributed by atoms with E-state index in [9.17, 15) is 4.79 Å². The Labute approximate surface area is 95.9 Å². The molecule has 0 spiro atoms. The van der Waals surface area contributed by atoms with Gasteiger partial charge in [0.2, 0.25) is 0 Å². The molecule has 2 aliphatic rings. The highest BCUT2D eigenvalue weighted by molar-refractivity contribution is 5.73. The van der Waals surface area contributed by atoms with Crippen LogP contribution >= 0.6 is 0 Å². The third kappa shape index (κ3) is 2.07. The Hall–Kier alpha value is -1.03. The molecule has 2 unspecified atom stereocenters. The van der Waals surface area contributed by atoms with E-state index >= 15 is 0 Å². The number of carbonyl (C=O) groups excluding carboxylic acids is 1. The highest BCUT2D eigenvalue weighted by atomic mass is 16.7. The van der Waals surface area contributed by atoms with Crippen LogP contribution in [0.15, 0.2) is 11.3 Å². The molecular formula is C12H19NO3. The van der Waals surface area contributed by atoms with Gasteiger partial charge in [-0.25, -0.2) is 0 Å². The van der Waals surface area contributed by atoms with E-state index in [2.05, 4.69) is 12.4 Å². The van der Waals surface area contributed by atoms with Crippen molar-refractivity contribution in [1.29, 1.82) is 0 Å². The van der Waals surface area contributed by atoms with Crippen LogP contribution in [0.4, 0.5) is 0 Å². The van der Waals surface area contributed by atoms with Gasteiger partial charge < -0.3 is 4.74 Å². The van der Waals surface area contributed by atoms with Gasteiger partial charge in [0, 0.05) is 5.70 Å². The van der Waals surface area contributed by atoms with Crippen molar-refractivity contribution in [2.45, 2.75) is 45.1 Å². The molecule has 1 saturated carbocycles. The summed E-state index contributed by atoms with van der Waals surface area (Å²) in [6.45, 7) is 2.17. The summed E-state index contributed by atoms with van der Waals surface area (Å²) in [5.41, 5.74) is 5.47. The van der Waals surface area contributed by atoms with Gasteiger partial charge in [0.25, 0.3) is 0 Å². The smallest absolute Gasteiger partial charge is 0.309 e. The lowest BCUT2D eigenvalue weighted by Crippen LogP contribution is -2.18. The van der Waals surface area contributed by atoms with Gasteiger partial charge in [-0.1, -0.05) is 13.3 Å². The molecule has 0 bridgehead atoms. The molecule has 1 fully saturated rings. The molecule has 0 aromatic heterocycles. The second-order valence-electron chi connectivity index (χ2n) is 4.48. The van der Waals surface area contributed by atoms with Gasteiger partial charge in [-0.05, 0) is 31.3 Å². The van der Waals surface area contributed by atoms with Crippen LogP contribution in [-0.2, 0) is 14.4 Å². The first-order valence-electron chi connectivity index (χ1n) is 5.97. The van der Waals surface area contributed by atoms with Gasteiger partial charge in [0.05, 0.1) is 13.0 Å². The molecular weight excluding hydrogens is 206 g/mol. The zero-order valence-corrected chi connectivity index (χ0v) is 9.91. The molecule has 90 valence electrons. The summed E-state index contributed by atoms with van der Waals surface area (Å²) < 4.78 is 4.78. The fourth-order valence-corrected chi connectivity index (χ4v) is 2.44. The fourth-order valence-electron chi connectivity index (χ4n) is 2.44. The highest BCUT2D eigenvalue weighted by Gasteiger charge is 2.40. The van der Waals surface area contributed by atoms with E-state index < -0.39 is 0 Å². The predicted octanol–water partition coefficient (Wildman–Crippen LogP) is 1.92. The lowest BCUT2D eigenvalue weighted by molar-refractivity contribution is -0.145. The maximum Gasteiger partial charge on any atom is 0.309 e. The second kappa shape index (κ2) is 4.87. The SMILES string of the molecule is CCCCC1=C2CC(C(=O)OC)CC2ON1. The van der Waals surface area contributed by atoms with Crippen molar-refractivity contribution in [2.24, 2.45) is 5.92 Å². The van der Waals surface area contributed by atoms with Crippen LogP contribution in [0.3, 0.4) is 0 Å². The number of fused-ring (bicyclic) bond motifs is 1. The lowest BCUT2D eigenvalue weighted by Gasteiger charge is -2.09. The number of hydroxylamine groups is 1. The van der Waals surface area contributed by atoms with E-state index in [1.165, 1.54) is 24.8 Å². The number of hydrogen-bond acceptors (Lipinski definition) is 4. The first-order valence-corrected chi connectivity index (χ1v) is 5.97. The number of nitrogens with one attached hydrogen (secondary N) is 1. The van der Waals surface area contributed by atoms with Gasteiger partial charge in [0.1, 0.15) is 6.10 Å². The van der Waals surface area contributed by atoms with E-state index in [1.54, 1.807) is 0 Å². The second-order valence-corrected chi connectivity index (χ2v) is 4.48. The van der Waals surface area contributed by atoms with Crippen molar-refractivity contribution in [1.82, 2.24) is 5.48 Å². The molecule has 0 amide bonds. The quantitative estimate of drug-likeness (QED) is 0.742. The summed E-state index contributed by atoms with van der Waals surface area (Å²) in [6.07, 6.45) is 4.99. The Balaban J connectivity index is 2.01. The Bertz CT molecular complexity index is 311. The van der Waals surface area contributed by atoms with Gasteiger partial charge in [-0.3, -0.25) is 15.1 Å². The molecule has 0 aromatic rings. The van der Waals surface area contributed by atoms with Crippen molar-refractivity contribution in [3.05, 3.63) is 11.3 Å². The molecule has 4 nitrogen and oxygen atoms in total. The number of ether oxygens (including phenoxy) is 1. The molecule has 0 saturated heterocycles. The molecule has 1 aliphatic carbocycles. The Morgan fingerprint density at radius 2 is 2.44 bits per heavy atom. The average molecular weight is 225 g/mol. The number of hydrogen-bond donors (Lipinski definition) is 1. The Kier molecular flexibility index (Phi) is 3.49. The standard InChI is InChI=1S/C12H19NO3/c1-3-4-5-10-9-6-8(12(14)15-2)7-11(9)16-13-10/h8,11,13H,3-7H2,1-2H3. The monoisotopic (exact) mass is 225 g/mol. The van der Waals surface area contributed by atoms with Crippen molar-refractivity contribution >= 4 is 5.97 Å². The summed E-state index contributed by atoms with van der Waals surface area (Å²) in [5.74, 6) is -0.121. The van der Waals surface area contributed by atoms with E-state index in [0.717, 1.165) is 25.7 Å². The molecule has 1 heterocycles. The Morgan fingerprint density at radius 3 is 3.12 bits per heavy atom. The number of carbonyl (C=O) groups is 1. The summed E-state index contributed by atoms with van der Waals surface area (Å²) in [7, 11) is 1.45. The number of esters is 1. The molecule has 4 heteroatoms. The van der Waals surface area contributed by atoms with Crippen LogP contribution in [0.1, 0.15) is 39.0 Å². The zero-order valence-electron chi connectivity index (χ0n) is 9.91. The Morgan fingerprint density at radius 1 is 1.62 bits per heavy atom. The van der Waals surface area contributed by atoms with Crippen molar-refractivity contribution in [2.75, 3.05) is 7.11 Å². The molecule has 1 aliphatic heterocycles. The predicted molar refractivity (Wildman–Crippen MR) is 59.3 cm³/mol. The third-order valence-electron chi connectivity index (χ3n) is 3.38. The summed E-state index contributed by atoms with van der Waals surface area (Å²) in [5, 5.41) is 0. The van der Waals surface area contributed by atoms with Gasteiger partial charge in [-0.15, -0.1) is 0 Å². The van der Waals surface area contributed by atoms with E-state index in [1.807, 2.05) is 0 Å². The van der Waals surface area contributed by atoms with Crippen molar-refractivity contribution in [3.8, 4) is 0 Å². The van der Waals surface area contributed by atoms with Gasteiger partial charge in [0.15, 0.2) is 0 Å². The number of unbranched alkanes of at least 4 members (excludes halogenated alkanes) is 1. The molecule has 2 atom stereocenters. The molecule has 2 rings (SSSR count). The van der Waals surface area contributed by atoms with E-state index in [4.69, 9.17) is 9.57 Å². The summed E-state index contributed by atoms with van der Waals surface area (Å²) >= 11 is 0. The van der Waals surface area contributed by atoms with E-state index in [0.29, 0.717) is 0 Å². The van der Waals surface area contributed by atoms with Gasteiger partial charge in [-0.2, -0.15) is 0 Å². The highest BCUT2D eigenvalue weighted by Crippen LogP contribution is 2.38. The van der Waals surface area contributed by atoms with Crippen LogP contribution in [0, 0.1) is 5.92 Å². The summed E-state index contributed by atoms with van der Waals surface area (Å²) in [4.78, 5) is 16.9. The average Bonchev–Trinajstić information content (AvgIpc) is 2.85. The zero-order chi connectivity index (χ0) is 11.5. The maximum absolute atomic E-state index is 11.4. The summed E-state index contributed by atoms with van der Waals surface area (Å²) in [6, 6.07) is 0. The number of rotatable bonds is 4. The minimum absolute atomic E-state index is 0.0104. The first kappa shape index (κ1) is 11.5. The third-order valence-corrected chi connectivity index (χ3v) is 3.38.